The Morgan fingerprint density at radius 1 is 1.17 bits per heavy atom. The van der Waals surface area contributed by atoms with Crippen molar-refractivity contribution in [3.05, 3.63) is 29.8 Å². The van der Waals surface area contributed by atoms with Gasteiger partial charge in [-0.05, 0) is 57.2 Å². The number of hydrogen-bond donors (Lipinski definition) is 2. The van der Waals surface area contributed by atoms with Gasteiger partial charge >= 0.3 is 12.1 Å². The lowest BCUT2D eigenvalue weighted by molar-refractivity contribution is -0.140. The van der Waals surface area contributed by atoms with Crippen LogP contribution in [0.5, 0.6) is 5.75 Å². The molecule has 0 bridgehead atoms. The molecule has 0 saturated carbocycles. The molecule has 0 spiro atoms. The van der Waals surface area contributed by atoms with Crippen LogP contribution in [0.2, 0.25) is 0 Å². The zero-order valence-electron chi connectivity index (χ0n) is 14.4. The Morgan fingerprint density at radius 2 is 1.71 bits per heavy atom. The molecule has 1 aromatic rings. The first-order valence-corrected chi connectivity index (χ1v) is 8.17. The summed E-state index contributed by atoms with van der Waals surface area (Å²) in [6.07, 6.45) is 0.867. The molecule has 0 aromatic heterocycles. The number of amides is 1. The highest BCUT2D eigenvalue weighted by Gasteiger charge is 2.34. The second-order valence-electron chi connectivity index (χ2n) is 7.21. The van der Waals surface area contributed by atoms with Crippen molar-refractivity contribution in [1.29, 1.82) is 0 Å². The standard InChI is InChI=1S/C18H25NO5/c1-18(2,3)24-17(23)19-10-8-13(9-11-19)15(16(21)22)12-4-6-14(20)7-5-12/h4-7,13,15,20H,8-11H2,1-3H3,(H,21,22). The van der Waals surface area contributed by atoms with E-state index < -0.39 is 17.5 Å². The van der Waals surface area contributed by atoms with Crippen molar-refractivity contribution in [3.63, 3.8) is 0 Å². The number of piperidine rings is 1. The van der Waals surface area contributed by atoms with Crippen molar-refractivity contribution < 1.29 is 24.5 Å². The predicted molar refractivity (Wildman–Crippen MR) is 89.0 cm³/mol. The van der Waals surface area contributed by atoms with Gasteiger partial charge < -0.3 is 19.8 Å². The number of rotatable bonds is 3. The number of aliphatic carboxylic acids is 1. The summed E-state index contributed by atoms with van der Waals surface area (Å²) < 4.78 is 5.36. The quantitative estimate of drug-likeness (QED) is 0.885. The van der Waals surface area contributed by atoms with Gasteiger partial charge in [0.1, 0.15) is 11.4 Å². The Morgan fingerprint density at radius 3 is 2.17 bits per heavy atom. The SMILES string of the molecule is CC(C)(C)OC(=O)N1CCC(C(C(=O)O)c2ccc(O)cc2)CC1. The van der Waals surface area contributed by atoms with Gasteiger partial charge in [-0.15, -0.1) is 0 Å². The van der Waals surface area contributed by atoms with E-state index in [1.807, 2.05) is 20.8 Å². The van der Waals surface area contributed by atoms with Crippen molar-refractivity contribution in [3.8, 4) is 5.75 Å². The molecule has 1 unspecified atom stereocenters. The number of likely N-dealkylation sites (tertiary alicyclic amines) is 1. The van der Waals surface area contributed by atoms with E-state index in [0.29, 0.717) is 31.5 Å². The van der Waals surface area contributed by atoms with Crippen LogP contribution in [0.15, 0.2) is 24.3 Å². The lowest BCUT2D eigenvalue weighted by Crippen LogP contribution is -2.43. The van der Waals surface area contributed by atoms with Gasteiger partial charge in [-0.3, -0.25) is 4.79 Å². The van der Waals surface area contributed by atoms with Gasteiger partial charge in [-0.25, -0.2) is 4.79 Å². The van der Waals surface area contributed by atoms with Crippen LogP contribution in [0.3, 0.4) is 0 Å². The van der Waals surface area contributed by atoms with E-state index in [2.05, 4.69) is 0 Å². The Balaban J connectivity index is 2.02. The number of aromatic hydroxyl groups is 1. The van der Waals surface area contributed by atoms with Crippen molar-refractivity contribution in [1.82, 2.24) is 4.90 Å². The molecule has 1 aliphatic rings. The number of phenols is 1. The molecule has 0 radical (unpaired) electrons. The number of carboxylic acid groups (broad SMARTS) is 1. The van der Waals surface area contributed by atoms with E-state index >= 15 is 0 Å². The smallest absolute Gasteiger partial charge is 0.410 e. The summed E-state index contributed by atoms with van der Waals surface area (Å²) in [4.78, 5) is 25.4. The molecule has 1 saturated heterocycles. The molecular formula is C18H25NO5. The van der Waals surface area contributed by atoms with Crippen LogP contribution in [0, 0.1) is 5.92 Å². The zero-order valence-corrected chi connectivity index (χ0v) is 14.4. The van der Waals surface area contributed by atoms with E-state index in [1.165, 1.54) is 12.1 Å². The highest BCUT2D eigenvalue weighted by Crippen LogP contribution is 2.34. The van der Waals surface area contributed by atoms with Gasteiger partial charge in [0.2, 0.25) is 0 Å². The van der Waals surface area contributed by atoms with Gasteiger partial charge in [0.05, 0.1) is 5.92 Å². The van der Waals surface area contributed by atoms with Crippen LogP contribution in [-0.2, 0) is 9.53 Å². The number of carbonyl (C=O) groups is 2. The first-order valence-electron chi connectivity index (χ1n) is 8.17. The molecule has 2 N–H and O–H groups in total. The first-order chi connectivity index (χ1) is 11.2. The van der Waals surface area contributed by atoms with Crippen molar-refractivity contribution >= 4 is 12.1 Å². The molecule has 132 valence electrons. The molecule has 6 heteroatoms. The first kappa shape index (κ1) is 18.1. The highest BCUT2D eigenvalue weighted by atomic mass is 16.6. The van der Waals surface area contributed by atoms with Crippen LogP contribution in [0.4, 0.5) is 4.79 Å². The van der Waals surface area contributed by atoms with Gasteiger partial charge in [0.15, 0.2) is 0 Å². The molecule has 1 heterocycles. The summed E-state index contributed by atoms with van der Waals surface area (Å²) in [6, 6.07) is 6.30. The van der Waals surface area contributed by atoms with Crippen molar-refractivity contribution in [2.45, 2.75) is 45.1 Å². The maximum Gasteiger partial charge on any atom is 0.410 e. The van der Waals surface area contributed by atoms with E-state index in [9.17, 15) is 19.8 Å². The number of carboxylic acids is 1. The summed E-state index contributed by atoms with van der Waals surface area (Å²) in [5.74, 6) is -1.45. The highest BCUT2D eigenvalue weighted by molar-refractivity contribution is 5.76. The summed E-state index contributed by atoms with van der Waals surface area (Å²) in [5.41, 5.74) is 0.139. The number of benzene rings is 1. The van der Waals surface area contributed by atoms with Crippen LogP contribution in [0.1, 0.15) is 45.1 Å². The van der Waals surface area contributed by atoms with Gasteiger partial charge in [0, 0.05) is 13.1 Å². The topological polar surface area (TPSA) is 87.1 Å². The van der Waals surface area contributed by atoms with E-state index in [-0.39, 0.29) is 17.8 Å². The Hall–Kier alpha value is -2.24. The Bertz CT molecular complexity index is 582. The molecule has 2 rings (SSSR count). The Kier molecular flexibility index (Phi) is 5.36. The van der Waals surface area contributed by atoms with Crippen molar-refractivity contribution in [2.75, 3.05) is 13.1 Å². The minimum atomic E-state index is -0.878. The fraction of sp³-hybridized carbons (Fsp3) is 0.556. The second kappa shape index (κ2) is 7.11. The number of nitrogens with zero attached hydrogens (tertiary/aromatic N) is 1. The predicted octanol–water partition coefficient (Wildman–Crippen LogP) is 3.21. The molecule has 0 aliphatic carbocycles. The van der Waals surface area contributed by atoms with Gasteiger partial charge in [-0.1, -0.05) is 12.1 Å². The third-order valence-electron chi connectivity index (χ3n) is 4.18. The molecule has 24 heavy (non-hydrogen) atoms. The van der Waals surface area contributed by atoms with Gasteiger partial charge in [0.25, 0.3) is 0 Å². The molecule has 1 amide bonds. The summed E-state index contributed by atoms with van der Waals surface area (Å²) >= 11 is 0. The molecule has 1 aliphatic heterocycles. The number of hydrogen-bond acceptors (Lipinski definition) is 4. The summed E-state index contributed by atoms with van der Waals surface area (Å²) in [6.45, 7) is 6.44. The number of ether oxygens (including phenoxy) is 1. The molecule has 1 aromatic carbocycles. The Labute approximate surface area is 142 Å². The lowest BCUT2D eigenvalue weighted by Gasteiger charge is -2.35. The monoisotopic (exact) mass is 335 g/mol. The van der Waals surface area contributed by atoms with Crippen LogP contribution < -0.4 is 0 Å². The van der Waals surface area contributed by atoms with Crippen LogP contribution in [-0.4, -0.2) is 45.9 Å². The van der Waals surface area contributed by atoms with Crippen LogP contribution >= 0.6 is 0 Å². The maximum absolute atomic E-state index is 12.1. The fourth-order valence-corrected chi connectivity index (χ4v) is 3.04. The minimum Gasteiger partial charge on any atom is -0.508 e. The van der Waals surface area contributed by atoms with Crippen LogP contribution in [0.25, 0.3) is 0 Å². The third kappa shape index (κ3) is 4.63. The van der Waals surface area contributed by atoms with E-state index in [4.69, 9.17) is 4.74 Å². The summed E-state index contributed by atoms with van der Waals surface area (Å²) in [7, 11) is 0. The molecule has 1 atom stereocenters. The molecular weight excluding hydrogens is 310 g/mol. The average Bonchev–Trinajstić information content (AvgIpc) is 2.48. The summed E-state index contributed by atoms with van der Waals surface area (Å²) in [5, 5.41) is 19.0. The fourth-order valence-electron chi connectivity index (χ4n) is 3.04. The average molecular weight is 335 g/mol. The van der Waals surface area contributed by atoms with Gasteiger partial charge in [-0.2, -0.15) is 0 Å². The second-order valence-corrected chi connectivity index (χ2v) is 7.21. The molecule has 1 fully saturated rings. The largest absolute Gasteiger partial charge is 0.508 e. The maximum atomic E-state index is 12.1. The van der Waals surface area contributed by atoms with E-state index in [1.54, 1.807) is 17.0 Å². The third-order valence-corrected chi connectivity index (χ3v) is 4.18. The van der Waals surface area contributed by atoms with E-state index in [0.717, 1.165) is 0 Å². The normalized spacial score (nSPS) is 17.4. The minimum absolute atomic E-state index is 0.0503. The zero-order chi connectivity index (χ0) is 17.9. The number of carbonyl (C=O) groups excluding carboxylic acids is 1. The molecule has 6 nitrogen and oxygen atoms in total. The van der Waals surface area contributed by atoms with Crippen molar-refractivity contribution in [2.24, 2.45) is 5.92 Å². The lowest BCUT2D eigenvalue weighted by atomic mass is 9.80. The number of phenolic OH excluding ortho intramolecular Hbond substituents is 1.